The van der Waals surface area contributed by atoms with Crippen LogP contribution in [0.25, 0.3) is 21.5 Å². The first-order valence-electron chi connectivity index (χ1n) is 9.88. The molecule has 0 aliphatic heterocycles. The van der Waals surface area contributed by atoms with E-state index in [1.54, 1.807) is 23.0 Å². The molecule has 0 aliphatic carbocycles. The van der Waals surface area contributed by atoms with E-state index in [-0.39, 0.29) is 6.54 Å². The van der Waals surface area contributed by atoms with E-state index in [2.05, 4.69) is 15.5 Å². The number of aromatic nitrogens is 4. The summed E-state index contributed by atoms with van der Waals surface area (Å²) < 4.78 is 2.83. The third kappa shape index (κ3) is 4.04. The molecule has 4 aromatic rings. The maximum Gasteiger partial charge on any atom is 0.293 e. The van der Waals surface area contributed by atoms with Gasteiger partial charge in [0.2, 0.25) is 11.8 Å². The number of anilines is 1. The quantitative estimate of drug-likeness (QED) is 0.484. The van der Waals surface area contributed by atoms with E-state index in [1.807, 2.05) is 38.3 Å². The van der Waals surface area contributed by atoms with Crippen LogP contribution in [0.2, 0.25) is 0 Å². The maximum absolute atomic E-state index is 13.3. The fourth-order valence-corrected chi connectivity index (χ4v) is 4.06. The van der Waals surface area contributed by atoms with Gasteiger partial charge in [0, 0.05) is 11.3 Å². The Bertz CT molecular complexity index is 1360. The average molecular weight is 451 g/mol. The summed E-state index contributed by atoms with van der Waals surface area (Å²) in [5, 5.41) is 14.2. The molecule has 3 aromatic heterocycles. The number of amides is 2. The number of nitrogens with two attached hydrogens (primary N) is 1. The molecule has 0 atom stereocenters. The van der Waals surface area contributed by atoms with Gasteiger partial charge in [0.05, 0.1) is 22.0 Å². The summed E-state index contributed by atoms with van der Waals surface area (Å²) in [6.07, 6.45) is 1.65. The van der Waals surface area contributed by atoms with Crippen molar-refractivity contribution in [2.75, 3.05) is 5.32 Å². The fourth-order valence-electron chi connectivity index (χ4n) is 3.34. The monoisotopic (exact) mass is 450 g/mol. The Kier molecular flexibility index (Phi) is 5.39. The molecule has 0 radical (unpaired) electrons. The van der Waals surface area contributed by atoms with Gasteiger partial charge in [0.15, 0.2) is 0 Å². The van der Waals surface area contributed by atoms with Crippen LogP contribution >= 0.6 is 11.3 Å². The minimum absolute atomic E-state index is 0.278. The van der Waals surface area contributed by atoms with Gasteiger partial charge in [-0.2, -0.15) is 10.2 Å². The van der Waals surface area contributed by atoms with Crippen LogP contribution in [0, 0.1) is 0 Å². The summed E-state index contributed by atoms with van der Waals surface area (Å²) in [7, 11) is 0. The molecule has 164 valence electrons. The molecule has 2 amide bonds. The summed E-state index contributed by atoms with van der Waals surface area (Å²) >= 11 is 1.49. The largest absolute Gasteiger partial charge is 0.366 e. The normalized spacial score (nSPS) is 11.6. The lowest BCUT2D eigenvalue weighted by Gasteiger charge is -2.20. The molecule has 9 nitrogen and oxygen atoms in total. The highest BCUT2D eigenvalue weighted by Crippen LogP contribution is 2.30. The molecular weight excluding hydrogens is 428 g/mol. The van der Waals surface area contributed by atoms with Gasteiger partial charge in [-0.15, -0.1) is 11.3 Å². The summed E-state index contributed by atoms with van der Waals surface area (Å²) in [4.78, 5) is 38.1. The van der Waals surface area contributed by atoms with Crippen molar-refractivity contribution in [2.45, 2.75) is 32.9 Å². The van der Waals surface area contributed by atoms with Gasteiger partial charge in [0.1, 0.15) is 17.8 Å². The summed E-state index contributed by atoms with van der Waals surface area (Å²) in [6, 6.07) is 10.00. The predicted octanol–water partition coefficient (Wildman–Crippen LogP) is 2.81. The van der Waals surface area contributed by atoms with Crippen LogP contribution in [0.1, 0.15) is 31.1 Å². The second kappa shape index (κ2) is 8.04. The Balaban J connectivity index is 1.73. The molecule has 0 unspecified atom stereocenters. The average Bonchev–Trinajstić information content (AvgIpc) is 3.40. The lowest BCUT2D eigenvalue weighted by molar-refractivity contribution is -0.117. The van der Waals surface area contributed by atoms with Gasteiger partial charge in [-0.25, -0.2) is 4.68 Å². The number of hydrogen-bond acceptors (Lipinski definition) is 6. The van der Waals surface area contributed by atoms with Crippen LogP contribution in [0.3, 0.4) is 0 Å². The molecule has 3 N–H and O–H groups in total. The minimum atomic E-state index is -0.552. The van der Waals surface area contributed by atoms with Gasteiger partial charge < -0.3 is 11.1 Å². The van der Waals surface area contributed by atoms with E-state index >= 15 is 0 Å². The molecule has 32 heavy (non-hydrogen) atoms. The van der Waals surface area contributed by atoms with Gasteiger partial charge in [-0.3, -0.25) is 19.1 Å². The van der Waals surface area contributed by atoms with Crippen LogP contribution in [-0.2, 0) is 16.9 Å². The van der Waals surface area contributed by atoms with Crippen LogP contribution in [-0.4, -0.2) is 31.4 Å². The minimum Gasteiger partial charge on any atom is -0.366 e. The first kappa shape index (κ1) is 21.4. The second-order valence-electron chi connectivity index (χ2n) is 8.27. The number of fused-ring (bicyclic) bond motifs is 1. The lowest BCUT2D eigenvalue weighted by Crippen LogP contribution is -2.33. The molecule has 4 rings (SSSR count). The second-order valence-corrected chi connectivity index (χ2v) is 9.22. The molecule has 10 heteroatoms. The van der Waals surface area contributed by atoms with Crippen LogP contribution in [0.15, 0.2) is 52.8 Å². The predicted molar refractivity (Wildman–Crippen MR) is 124 cm³/mol. The zero-order valence-electron chi connectivity index (χ0n) is 17.8. The molecule has 0 bridgehead atoms. The Morgan fingerprint density at radius 1 is 1.16 bits per heavy atom. The van der Waals surface area contributed by atoms with Crippen molar-refractivity contribution in [1.82, 2.24) is 19.6 Å². The van der Waals surface area contributed by atoms with E-state index in [4.69, 9.17) is 5.73 Å². The topological polar surface area (TPSA) is 125 Å². The molecule has 0 spiro atoms. The first-order valence-corrected chi connectivity index (χ1v) is 10.8. The Morgan fingerprint density at radius 3 is 2.47 bits per heavy atom. The van der Waals surface area contributed by atoms with E-state index in [9.17, 15) is 14.4 Å². The lowest BCUT2D eigenvalue weighted by atomic mass is 10.1. The summed E-state index contributed by atoms with van der Waals surface area (Å²) in [6.45, 7) is 5.59. The number of nitrogens with zero attached hydrogens (tertiary/aromatic N) is 4. The Labute approximate surface area is 187 Å². The first-order chi connectivity index (χ1) is 15.1. The standard InChI is InChI=1S/C22H22N6O3S/c1-22(2,3)28-19-15(11-24-28)18(16-5-4-10-32-16)26-27(21(19)31)12-17(29)25-14-8-6-13(7-9-14)20(23)30/h4-11H,12H2,1-3H3,(H2,23,30)(H,25,29). The van der Waals surface area contributed by atoms with Gasteiger partial charge in [-0.1, -0.05) is 6.07 Å². The highest BCUT2D eigenvalue weighted by molar-refractivity contribution is 7.13. The number of rotatable bonds is 5. The zero-order valence-corrected chi connectivity index (χ0v) is 18.6. The van der Waals surface area contributed by atoms with Gasteiger partial charge >= 0.3 is 0 Å². The molecule has 0 aliphatic rings. The number of hydrogen-bond donors (Lipinski definition) is 2. The van der Waals surface area contributed by atoms with Gasteiger partial charge in [0.25, 0.3) is 5.56 Å². The number of thiophene rings is 1. The third-order valence-corrected chi connectivity index (χ3v) is 5.70. The Hall–Kier alpha value is -3.79. The number of primary amides is 1. The molecular formula is C22H22N6O3S. The van der Waals surface area contributed by atoms with Crippen LogP contribution in [0.4, 0.5) is 5.69 Å². The Morgan fingerprint density at radius 2 is 1.88 bits per heavy atom. The van der Waals surface area contributed by atoms with Crippen molar-refractivity contribution in [2.24, 2.45) is 5.73 Å². The molecule has 1 aromatic carbocycles. The molecule has 3 heterocycles. The van der Waals surface area contributed by atoms with Crippen LogP contribution in [0.5, 0.6) is 0 Å². The number of nitrogens with one attached hydrogen (secondary N) is 1. The van der Waals surface area contributed by atoms with E-state index in [0.717, 1.165) is 9.56 Å². The number of carbonyl (C=O) groups is 2. The van der Waals surface area contributed by atoms with Crippen molar-refractivity contribution in [3.8, 4) is 10.6 Å². The fraction of sp³-hybridized carbons (Fsp3) is 0.227. The third-order valence-electron chi connectivity index (χ3n) is 4.82. The SMILES string of the molecule is CC(C)(C)n1ncc2c(-c3cccs3)nn(CC(=O)Nc3ccc(C(N)=O)cc3)c(=O)c21. The highest BCUT2D eigenvalue weighted by Gasteiger charge is 2.24. The highest BCUT2D eigenvalue weighted by atomic mass is 32.1. The summed E-state index contributed by atoms with van der Waals surface area (Å²) in [5.41, 5.74) is 6.22. The van der Waals surface area contributed by atoms with Gasteiger partial charge in [-0.05, 0) is 56.5 Å². The van der Waals surface area contributed by atoms with E-state index < -0.39 is 22.9 Å². The van der Waals surface area contributed by atoms with E-state index in [0.29, 0.717) is 27.8 Å². The summed E-state index contributed by atoms with van der Waals surface area (Å²) in [5.74, 6) is -0.978. The van der Waals surface area contributed by atoms with Crippen molar-refractivity contribution in [1.29, 1.82) is 0 Å². The number of carbonyl (C=O) groups excluding carboxylic acids is 2. The van der Waals surface area contributed by atoms with E-state index in [1.165, 1.54) is 23.5 Å². The maximum atomic E-state index is 13.3. The van der Waals surface area contributed by atoms with Crippen molar-refractivity contribution < 1.29 is 9.59 Å². The van der Waals surface area contributed by atoms with Crippen molar-refractivity contribution in [3.63, 3.8) is 0 Å². The molecule has 0 fully saturated rings. The zero-order chi connectivity index (χ0) is 23.0. The molecule has 0 saturated heterocycles. The number of benzene rings is 1. The van der Waals surface area contributed by atoms with Crippen molar-refractivity contribution in [3.05, 3.63) is 63.9 Å². The smallest absolute Gasteiger partial charge is 0.293 e. The molecule has 0 saturated carbocycles. The van der Waals surface area contributed by atoms with Crippen molar-refractivity contribution >= 4 is 39.7 Å². The van der Waals surface area contributed by atoms with Crippen LogP contribution < -0.4 is 16.6 Å².